The second-order valence-electron chi connectivity index (χ2n) is 7.36. The number of carbonyl (C=O) groups is 1. The third-order valence-corrected chi connectivity index (χ3v) is 5.00. The minimum Gasteiger partial charge on any atom is -0.493 e. The highest BCUT2D eigenvalue weighted by Crippen LogP contribution is 2.39. The molecular weight excluding hydrogens is 340 g/mol. The van der Waals surface area contributed by atoms with Gasteiger partial charge in [-0.25, -0.2) is 4.79 Å². The van der Waals surface area contributed by atoms with Gasteiger partial charge in [-0.15, -0.1) is 0 Å². The molecule has 2 aromatic carbocycles. The smallest absolute Gasteiger partial charge is 0.338 e. The van der Waals surface area contributed by atoms with Crippen LogP contribution in [0, 0.1) is 0 Å². The van der Waals surface area contributed by atoms with Gasteiger partial charge in [-0.2, -0.15) is 0 Å². The van der Waals surface area contributed by atoms with Crippen LogP contribution in [-0.2, 0) is 10.2 Å². The number of hydrogen-bond donors (Lipinski definition) is 1. The van der Waals surface area contributed by atoms with Crippen molar-refractivity contribution in [1.29, 1.82) is 0 Å². The minimum absolute atomic E-state index is 0.0471. The molecule has 0 saturated carbocycles. The van der Waals surface area contributed by atoms with Crippen molar-refractivity contribution in [2.24, 2.45) is 0 Å². The van der Waals surface area contributed by atoms with E-state index in [1.54, 1.807) is 19.1 Å². The van der Waals surface area contributed by atoms with Gasteiger partial charge in [0.15, 0.2) is 0 Å². The Hall–Kier alpha value is -2.59. The number of aliphatic hydroxyl groups excluding tert-OH is 1. The van der Waals surface area contributed by atoms with Gasteiger partial charge in [-0.05, 0) is 65.8 Å². The molecule has 142 valence electrons. The van der Waals surface area contributed by atoms with Crippen LogP contribution in [0.1, 0.15) is 54.2 Å². The Morgan fingerprint density at radius 1 is 1.19 bits per heavy atom. The SMILES string of the molecule is CCOC(=O)c1ccc(/C=C(\CO)c2ccc3c(c2)C(C)(C)CCO3)cc1. The Morgan fingerprint density at radius 2 is 1.89 bits per heavy atom. The van der Waals surface area contributed by atoms with Crippen molar-refractivity contribution in [3.63, 3.8) is 0 Å². The molecule has 3 rings (SSSR count). The number of rotatable bonds is 5. The average Bonchev–Trinajstić information content (AvgIpc) is 2.66. The van der Waals surface area contributed by atoms with Crippen molar-refractivity contribution in [3.05, 3.63) is 64.7 Å². The van der Waals surface area contributed by atoms with E-state index < -0.39 is 0 Å². The van der Waals surface area contributed by atoms with Gasteiger partial charge >= 0.3 is 5.97 Å². The first-order chi connectivity index (χ1) is 12.9. The maximum absolute atomic E-state index is 11.8. The van der Waals surface area contributed by atoms with Crippen LogP contribution >= 0.6 is 0 Å². The first-order valence-electron chi connectivity index (χ1n) is 9.31. The molecule has 0 aromatic heterocycles. The fraction of sp³-hybridized carbons (Fsp3) is 0.348. The summed E-state index contributed by atoms with van der Waals surface area (Å²) in [6.07, 6.45) is 2.91. The predicted octanol–water partition coefficient (Wildman–Crippen LogP) is 4.46. The van der Waals surface area contributed by atoms with Gasteiger partial charge in [0.2, 0.25) is 0 Å². The molecule has 0 atom stereocenters. The second-order valence-corrected chi connectivity index (χ2v) is 7.36. The molecule has 1 N–H and O–H groups in total. The lowest BCUT2D eigenvalue weighted by atomic mass is 9.79. The summed E-state index contributed by atoms with van der Waals surface area (Å²) in [5, 5.41) is 9.91. The number of ether oxygens (including phenoxy) is 2. The van der Waals surface area contributed by atoms with Gasteiger partial charge in [-0.1, -0.05) is 32.0 Å². The predicted molar refractivity (Wildman–Crippen MR) is 107 cm³/mol. The van der Waals surface area contributed by atoms with E-state index in [4.69, 9.17) is 9.47 Å². The number of aliphatic hydroxyl groups is 1. The zero-order valence-corrected chi connectivity index (χ0v) is 16.1. The number of esters is 1. The van der Waals surface area contributed by atoms with Gasteiger partial charge in [-0.3, -0.25) is 0 Å². The van der Waals surface area contributed by atoms with E-state index >= 15 is 0 Å². The molecule has 27 heavy (non-hydrogen) atoms. The van der Waals surface area contributed by atoms with E-state index in [2.05, 4.69) is 19.9 Å². The standard InChI is InChI=1S/C23H26O4/c1-4-26-22(25)17-7-5-16(6-8-17)13-19(15-24)18-9-10-21-20(14-18)23(2,3)11-12-27-21/h5-10,13-14,24H,4,11-12,15H2,1-3H3/b19-13+. The Bertz CT molecular complexity index is 847. The summed E-state index contributed by atoms with van der Waals surface area (Å²) in [7, 11) is 0. The molecule has 1 heterocycles. The first-order valence-corrected chi connectivity index (χ1v) is 9.31. The monoisotopic (exact) mass is 366 g/mol. The lowest BCUT2D eigenvalue weighted by Crippen LogP contribution is -2.26. The maximum Gasteiger partial charge on any atom is 0.338 e. The van der Waals surface area contributed by atoms with Crippen molar-refractivity contribution in [2.45, 2.75) is 32.6 Å². The molecule has 4 heteroatoms. The molecule has 2 aromatic rings. The third kappa shape index (κ3) is 4.22. The van der Waals surface area contributed by atoms with E-state index in [1.807, 2.05) is 30.3 Å². The zero-order chi connectivity index (χ0) is 19.4. The van der Waals surface area contributed by atoms with Crippen LogP contribution in [0.15, 0.2) is 42.5 Å². The van der Waals surface area contributed by atoms with Gasteiger partial charge in [0, 0.05) is 5.56 Å². The van der Waals surface area contributed by atoms with Gasteiger partial charge in [0.1, 0.15) is 5.75 Å². The van der Waals surface area contributed by atoms with Crippen LogP contribution in [0.4, 0.5) is 0 Å². The number of fused-ring (bicyclic) bond motifs is 1. The largest absolute Gasteiger partial charge is 0.493 e. The van der Waals surface area contributed by atoms with E-state index in [9.17, 15) is 9.90 Å². The highest BCUT2D eigenvalue weighted by atomic mass is 16.5. The van der Waals surface area contributed by atoms with Crippen LogP contribution in [0.3, 0.4) is 0 Å². The number of carbonyl (C=O) groups excluding carboxylic acids is 1. The summed E-state index contributed by atoms with van der Waals surface area (Å²) in [6, 6.07) is 13.3. The van der Waals surface area contributed by atoms with Crippen LogP contribution < -0.4 is 4.74 Å². The van der Waals surface area contributed by atoms with E-state index in [0.717, 1.165) is 35.5 Å². The van der Waals surface area contributed by atoms with E-state index in [0.29, 0.717) is 12.2 Å². The summed E-state index contributed by atoms with van der Waals surface area (Å²) in [6.45, 7) is 7.23. The summed E-state index contributed by atoms with van der Waals surface area (Å²) < 4.78 is 10.8. The maximum atomic E-state index is 11.8. The van der Waals surface area contributed by atoms with Crippen molar-refractivity contribution in [2.75, 3.05) is 19.8 Å². The van der Waals surface area contributed by atoms with E-state index in [1.165, 1.54) is 5.56 Å². The molecule has 0 aliphatic carbocycles. The topological polar surface area (TPSA) is 55.8 Å². The Balaban J connectivity index is 1.90. The average molecular weight is 366 g/mol. The molecule has 0 fully saturated rings. The summed E-state index contributed by atoms with van der Waals surface area (Å²) in [4.78, 5) is 11.8. The molecule has 0 bridgehead atoms. The Labute approximate surface area is 160 Å². The lowest BCUT2D eigenvalue weighted by Gasteiger charge is -2.32. The quantitative estimate of drug-likeness (QED) is 0.627. The van der Waals surface area contributed by atoms with Crippen molar-refractivity contribution >= 4 is 17.6 Å². The van der Waals surface area contributed by atoms with Crippen molar-refractivity contribution in [3.8, 4) is 5.75 Å². The summed E-state index contributed by atoms with van der Waals surface area (Å²) >= 11 is 0. The molecule has 1 aliphatic heterocycles. The number of benzene rings is 2. The van der Waals surface area contributed by atoms with Gasteiger partial charge in [0.25, 0.3) is 0 Å². The fourth-order valence-corrected chi connectivity index (χ4v) is 3.29. The molecule has 1 aliphatic rings. The van der Waals surface area contributed by atoms with Crippen molar-refractivity contribution < 1.29 is 19.4 Å². The van der Waals surface area contributed by atoms with Crippen LogP contribution in [0.2, 0.25) is 0 Å². The molecule has 0 spiro atoms. The van der Waals surface area contributed by atoms with Gasteiger partial charge in [0.05, 0.1) is 25.4 Å². The molecule has 4 nitrogen and oxygen atoms in total. The Kier molecular flexibility index (Phi) is 5.66. The van der Waals surface area contributed by atoms with E-state index in [-0.39, 0.29) is 18.0 Å². The molecule has 0 radical (unpaired) electrons. The third-order valence-electron chi connectivity index (χ3n) is 5.00. The van der Waals surface area contributed by atoms with Gasteiger partial charge < -0.3 is 14.6 Å². The normalized spacial score (nSPS) is 15.6. The fourth-order valence-electron chi connectivity index (χ4n) is 3.29. The minimum atomic E-state index is -0.327. The highest BCUT2D eigenvalue weighted by Gasteiger charge is 2.29. The molecule has 0 saturated heterocycles. The zero-order valence-electron chi connectivity index (χ0n) is 16.1. The van der Waals surface area contributed by atoms with Crippen LogP contribution in [0.5, 0.6) is 5.75 Å². The highest BCUT2D eigenvalue weighted by molar-refractivity contribution is 5.90. The molecule has 0 amide bonds. The molecular formula is C23H26O4. The van der Waals surface area contributed by atoms with Crippen LogP contribution in [-0.4, -0.2) is 30.9 Å². The van der Waals surface area contributed by atoms with Crippen LogP contribution in [0.25, 0.3) is 11.6 Å². The summed E-state index contributed by atoms with van der Waals surface area (Å²) in [5.41, 5.74) is 4.45. The first kappa shape index (κ1) is 19.2. The number of hydrogen-bond acceptors (Lipinski definition) is 4. The lowest BCUT2D eigenvalue weighted by molar-refractivity contribution is 0.0526. The molecule has 0 unspecified atom stereocenters. The summed E-state index contributed by atoms with van der Waals surface area (Å²) in [5.74, 6) is 0.596. The Morgan fingerprint density at radius 3 is 2.56 bits per heavy atom. The van der Waals surface area contributed by atoms with Crippen molar-refractivity contribution in [1.82, 2.24) is 0 Å². The second kappa shape index (κ2) is 7.97.